The molecule has 0 saturated heterocycles. The van der Waals surface area contributed by atoms with E-state index < -0.39 is 0 Å². The highest BCUT2D eigenvalue weighted by Gasteiger charge is 2.07. The number of hydrogen-bond acceptors (Lipinski definition) is 2. The molecular formula is C15H26N2. The molecule has 2 N–H and O–H groups in total. The van der Waals surface area contributed by atoms with Crippen LogP contribution in [0.4, 0.5) is 5.69 Å². The standard InChI is InChI=1S/C15H26N2/c1-5-14(11-16)6-7-17(4)15-9-12(2)8-13(3)10-15/h8-10,14H,5-7,11,16H2,1-4H3. The number of hydrogen-bond donors (Lipinski definition) is 1. The first-order valence-corrected chi connectivity index (χ1v) is 6.56. The Morgan fingerprint density at radius 1 is 1.18 bits per heavy atom. The maximum atomic E-state index is 5.74. The molecule has 2 nitrogen and oxygen atoms in total. The van der Waals surface area contributed by atoms with Gasteiger partial charge in [0.25, 0.3) is 0 Å². The Bertz CT molecular complexity index is 323. The van der Waals surface area contributed by atoms with Crippen LogP contribution in [0.25, 0.3) is 0 Å². The molecule has 1 aromatic carbocycles. The molecule has 0 aliphatic rings. The molecule has 1 rings (SSSR count). The number of nitrogens with zero attached hydrogens (tertiary/aromatic N) is 1. The summed E-state index contributed by atoms with van der Waals surface area (Å²) >= 11 is 0. The Kier molecular flexibility index (Phi) is 5.49. The Morgan fingerprint density at radius 3 is 2.24 bits per heavy atom. The minimum Gasteiger partial charge on any atom is -0.375 e. The van der Waals surface area contributed by atoms with E-state index in [1.165, 1.54) is 29.7 Å². The molecule has 0 amide bonds. The van der Waals surface area contributed by atoms with Crippen LogP contribution in [-0.2, 0) is 0 Å². The highest BCUT2D eigenvalue weighted by Crippen LogP contribution is 2.18. The summed E-state index contributed by atoms with van der Waals surface area (Å²) in [5, 5.41) is 0. The van der Waals surface area contributed by atoms with Gasteiger partial charge in [0.05, 0.1) is 0 Å². The van der Waals surface area contributed by atoms with Crippen LogP contribution < -0.4 is 10.6 Å². The summed E-state index contributed by atoms with van der Waals surface area (Å²) in [5.41, 5.74) is 9.71. The van der Waals surface area contributed by atoms with E-state index in [-0.39, 0.29) is 0 Å². The van der Waals surface area contributed by atoms with Crippen molar-refractivity contribution in [3.05, 3.63) is 29.3 Å². The first-order chi connectivity index (χ1) is 8.06. The van der Waals surface area contributed by atoms with Gasteiger partial charge in [-0.25, -0.2) is 0 Å². The van der Waals surface area contributed by atoms with Gasteiger partial charge in [-0.15, -0.1) is 0 Å². The smallest absolute Gasteiger partial charge is 0.0368 e. The fourth-order valence-electron chi connectivity index (χ4n) is 2.16. The highest BCUT2D eigenvalue weighted by atomic mass is 15.1. The molecule has 1 aromatic rings. The molecule has 0 fully saturated rings. The van der Waals surface area contributed by atoms with Crippen LogP contribution in [0.2, 0.25) is 0 Å². The number of nitrogens with two attached hydrogens (primary N) is 1. The second-order valence-electron chi connectivity index (χ2n) is 5.07. The second kappa shape index (κ2) is 6.65. The Labute approximate surface area is 106 Å². The van der Waals surface area contributed by atoms with E-state index >= 15 is 0 Å². The predicted molar refractivity (Wildman–Crippen MR) is 76.6 cm³/mol. The number of rotatable bonds is 6. The van der Waals surface area contributed by atoms with Crippen molar-refractivity contribution in [1.29, 1.82) is 0 Å². The zero-order chi connectivity index (χ0) is 12.8. The fourth-order valence-corrected chi connectivity index (χ4v) is 2.16. The van der Waals surface area contributed by atoms with Crippen molar-refractivity contribution >= 4 is 5.69 Å². The van der Waals surface area contributed by atoms with Gasteiger partial charge in [0.2, 0.25) is 0 Å². The maximum absolute atomic E-state index is 5.74. The summed E-state index contributed by atoms with van der Waals surface area (Å²) < 4.78 is 0. The van der Waals surface area contributed by atoms with Crippen molar-refractivity contribution in [3.8, 4) is 0 Å². The lowest BCUT2D eigenvalue weighted by molar-refractivity contribution is 0.483. The van der Waals surface area contributed by atoms with Gasteiger partial charge in [-0.3, -0.25) is 0 Å². The summed E-state index contributed by atoms with van der Waals surface area (Å²) in [6.07, 6.45) is 2.35. The zero-order valence-electron chi connectivity index (χ0n) is 11.7. The molecule has 0 radical (unpaired) electrons. The molecule has 2 heteroatoms. The van der Waals surface area contributed by atoms with E-state index in [1.54, 1.807) is 0 Å². The average molecular weight is 234 g/mol. The van der Waals surface area contributed by atoms with Crippen LogP contribution in [0.3, 0.4) is 0 Å². The molecular weight excluding hydrogens is 208 g/mol. The minimum atomic E-state index is 0.656. The maximum Gasteiger partial charge on any atom is 0.0368 e. The van der Waals surface area contributed by atoms with Crippen LogP contribution in [0, 0.1) is 19.8 Å². The van der Waals surface area contributed by atoms with Crippen molar-refractivity contribution in [1.82, 2.24) is 0 Å². The molecule has 0 saturated carbocycles. The SMILES string of the molecule is CCC(CN)CCN(C)c1cc(C)cc(C)c1. The van der Waals surface area contributed by atoms with E-state index in [4.69, 9.17) is 5.73 Å². The van der Waals surface area contributed by atoms with E-state index in [0.717, 1.165) is 13.1 Å². The fraction of sp³-hybridized carbons (Fsp3) is 0.600. The molecule has 0 heterocycles. The number of anilines is 1. The summed E-state index contributed by atoms with van der Waals surface area (Å²) in [7, 11) is 2.16. The van der Waals surface area contributed by atoms with E-state index in [0.29, 0.717) is 5.92 Å². The van der Waals surface area contributed by atoms with Crippen LogP contribution in [-0.4, -0.2) is 20.1 Å². The molecule has 0 bridgehead atoms. The van der Waals surface area contributed by atoms with Crippen molar-refractivity contribution in [3.63, 3.8) is 0 Å². The second-order valence-corrected chi connectivity index (χ2v) is 5.07. The van der Waals surface area contributed by atoms with Gasteiger partial charge in [-0.05, 0) is 56.0 Å². The third-order valence-corrected chi connectivity index (χ3v) is 3.43. The lowest BCUT2D eigenvalue weighted by Gasteiger charge is -2.23. The van der Waals surface area contributed by atoms with Crippen LogP contribution >= 0.6 is 0 Å². The summed E-state index contributed by atoms with van der Waals surface area (Å²) in [4.78, 5) is 2.33. The molecule has 17 heavy (non-hydrogen) atoms. The van der Waals surface area contributed by atoms with Crippen molar-refractivity contribution in [2.24, 2.45) is 11.7 Å². The molecule has 0 spiro atoms. The van der Waals surface area contributed by atoms with E-state index in [1.807, 2.05) is 0 Å². The van der Waals surface area contributed by atoms with Crippen molar-refractivity contribution < 1.29 is 0 Å². The Balaban J connectivity index is 2.60. The highest BCUT2D eigenvalue weighted by molar-refractivity contribution is 5.50. The molecule has 0 aliphatic heterocycles. The summed E-state index contributed by atoms with van der Waals surface area (Å²) in [6, 6.07) is 6.71. The number of benzene rings is 1. The first kappa shape index (κ1) is 14.0. The Hall–Kier alpha value is -1.02. The lowest BCUT2D eigenvalue weighted by atomic mass is 10.0. The number of aryl methyl sites for hydroxylation is 2. The minimum absolute atomic E-state index is 0.656. The predicted octanol–water partition coefficient (Wildman–Crippen LogP) is 3.11. The monoisotopic (exact) mass is 234 g/mol. The molecule has 1 atom stereocenters. The van der Waals surface area contributed by atoms with Gasteiger partial charge in [0, 0.05) is 19.3 Å². The topological polar surface area (TPSA) is 29.3 Å². The molecule has 0 aromatic heterocycles. The van der Waals surface area contributed by atoms with Gasteiger partial charge in [-0.2, -0.15) is 0 Å². The third kappa shape index (κ3) is 4.39. The van der Waals surface area contributed by atoms with Gasteiger partial charge in [0.15, 0.2) is 0 Å². The first-order valence-electron chi connectivity index (χ1n) is 6.56. The third-order valence-electron chi connectivity index (χ3n) is 3.43. The summed E-state index contributed by atoms with van der Waals surface area (Å²) in [5.74, 6) is 0.656. The zero-order valence-corrected chi connectivity index (χ0v) is 11.7. The molecule has 1 unspecified atom stereocenters. The normalized spacial score (nSPS) is 12.5. The molecule has 0 aliphatic carbocycles. The van der Waals surface area contributed by atoms with Gasteiger partial charge in [0.1, 0.15) is 0 Å². The van der Waals surface area contributed by atoms with Gasteiger partial charge >= 0.3 is 0 Å². The largest absolute Gasteiger partial charge is 0.375 e. The summed E-state index contributed by atoms with van der Waals surface area (Å²) in [6.45, 7) is 8.41. The van der Waals surface area contributed by atoms with Gasteiger partial charge < -0.3 is 10.6 Å². The van der Waals surface area contributed by atoms with Crippen molar-refractivity contribution in [2.45, 2.75) is 33.6 Å². The average Bonchev–Trinajstić information content (AvgIpc) is 2.28. The van der Waals surface area contributed by atoms with Crippen molar-refractivity contribution in [2.75, 3.05) is 25.0 Å². The lowest BCUT2D eigenvalue weighted by Crippen LogP contribution is -2.24. The van der Waals surface area contributed by atoms with Gasteiger partial charge in [-0.1, -0.05) is 19.4 Å². The van der Waals surface area contributed by atoms with E-state index in [9.17, 15) is 0 Å². The van der Waals surface area contributed by atoms with E-state index in [2.05, 4.69) is 50.9 Å². The van der Waals surface area contributed by atoms with Crippen LogP contribution in [0.5, 0.6) is 0 Å². The van der Waals surface area contributed by atoms with Crippen LogP contribution in [0.15, 0.2) is 18.2 Å². The van der Waals surface area contributed by atoms with Crippen LogP contribution in [0.1, 0.15) is 30.9 Å². The quantitative estimate of drug-likeness (QED) is 0.819. The molecule has 96 valence electrons. The Morgan fingerprint density at radius 2 is 1.76 bits per heavy atom.